The van der Waals surface area contributed by atoms with E-state index < -0.39 is 11.7 Å². The highest BCUT2D eigenvalue weighted by atomic mass is 32.2. The van der Waals surface area contributed by atoms with Crippen molar-refractivity contribution >= 4 is 18.0 Å². The number of hydrogen-bond acceptors (Lipinski definition) is 3. The molecule has 0 aromatic heterocycles. The van der Waals surface area contributed by atoms with Crippen LogP contribution in [0.1, 0.15) is 90.0 Å². The van der Waals surface area contributed by atoms with E-state index in [0.717, 1.165) is 55.4 Å². The Hall–Kier alpha value is -1.27. The maximum atomic E-state index is 15.1. The molecule has 4 nitrogen and oxygen atoms in total. The molecule has 4 aliphatic carbocycles. The fourth-order valence-corrected chi connectivity index (χ4v) is 9.95. The number of fused-ring (bicyclic) bond motifs is 5. The van der Waals surface area contributed by atoms with Gasteiger partial charge < -0.3 is 11.1 Å². The van der Waals surface area contributed by atoms with E-state index in [4.69, 9.17) is 5.73 Å². The van der Waals surface area contributed by atoms with Crippen molar-refractivity contribution in [1.82, 2.24) is 10.0 Å². The van der Waals surface area contributed by atoms with Crippen LogP contribution in [0.15, 0.2) is 29.2 Å². The van der Waals surface area contributed by atoms with Crippen molar-refractivity contribution in [2.45, 2.75) is 108 Å². The third-order valence-corrected chi connectivity index (χ3v) is 12.4. The fourth-order valence-electron chi connectivity index (χ4n) is 9.30. The van der Waals surface area contributed by atoms with Crippen molar-refractivity contribution in [2.75, 3.05) is 6.54 Å². The predicted molar refractivity (Wildman–Crippen MR) is 146 cm³/mol. The van der Waals surface area contributed by atoms with Crippen LogP contribution < -0.4 is 15.8 Å². The minimum Gasteiger partial charge on any atom is -0.337 e. The highest BCUT2D eigenvalue weighted by Gasteiger charge is 2.65. The fraction of sp³-hybridized carbons (Fsp3) is 0.767. The third kappa shape index (κ3) is 4.38. The first kappa shape index (κ1) is 26.3. The Kier molecular flexibility index (Phi) is 7.41. The van der Waals surface area contributed by atoms with Crippen LogP contribution >= 0.6 is 11.9 Å². The average Bonchev–Trinajstić information content (AvgIpc) is 3.19. The van der Waals surface area contributed by atoms with Gasteiger partial charge in [-0.25, -0.2) is 9.18 Å². The predicted octanol–water partition coefficient (Wildman–Crippen LogP) is 7.16. The van der Waals surface area contributed by atoms with E-state index in [0.29, 0.717) is 23.7 Å². The van der Waals surface area contributed by atoms with E-state index in [9.17, 15) is 4.79 Å². The molecule has 8 atom stereocenters. The molecular weight excluding hydrogens is 469 g/mol. The lowest BCUT2D eigenvalue weighted by Crippen LogP contribution is -2.69. The second-order valence-electron chi connectivity index (χ2n) is 12.9. The molecule has 0 bridgehead atoms. The molecule has 4 fully saturated rings. The van der Waals surface area contributed by atoms with E-state index in [-0.39, 0.29) is 11.4 Å². The number of urea groups is 1. The minimum absolute atomic E-state index is 0.0411. The maximum absolute atomic E-state index is 15.1. The van der Waals surface area contributed by atoms with Crippen LogP contribution in [-0.2, 0) is 0 Å². The van der Waals surface area contributed by atoms with Crippen LogP contribution in [0.4, 0.5) is 9.18 Å². The molecule has 4 saturated carbocycles. The number of amides is 2. The van der Waals surface area contributed by atoms with E-state index >= 15 is 4.39 Å². The van der Waals surface area contributed by atoms with Gasteiger partial charge in [0.1, 0.15) is 6.17 Å². The number of nitrogens with one attached hydrogen (secondary N) is 2. The Labute approximate surface area is 221 Å². The third-order valence-electron chi connectivity index (χ3n) is 11.5. The molecule has 0 spiro atoms. The van der Waals surface area contributed by atoms with Crippen LogP contribution in [0.25, 0.3) is 0 Å². The first-order chi connectivity index (χ1) is 17.2. The number of carbonyl (C=O) groups excluding carboxylic acids is 1. The molecule has 1 aromatic rings. The highest BCUT2D eigenvalue weighted by molar-refractivity contribution is 7.98. The molecule has 4 N–H and O–H groups in total. The van der Waals surface area contributed by atoms with Gasteiger partial charge in [0, 0.05) is 11.4 Å². The average molecular weight is 516 g/mol. The molecule has 6 heteroatoms. The number of hydrogen-bond donors (Lipinski definition) is 3. The van der Waals surface area contributed by atoms with Gasteiger partial charge >= 0.3 is 6.03 Å². The standard InChI is InChI=1S/C30H46FN3OS/c1-20-8-4-5-10-25(20)36-34-27(35)33-19-7-9-21-12-13-23-22-14-18-30(32)26(31)11-6-16-29(30,3)24(22)15-17-28(21,23)2/h4-5,8,10,21-24,26H,6-7,9,11-19,32H2,1-3H3,(H2,33,34,35). The van der Waals surface area contributed by atoms with Gasteiger partial charge in [0.05, 0.1) is 5.54 Å². The van der Waals surface area contributed by atoms with Gasteiger partial charge in [-0.1, -0.05) is 32.0 Å². The van der Waals surface area contributed by atoms with E-state index in [2.05, 4.69) is 36.9 Å². The minimum atomic E-state index is -0.832. The monoisotopic (exact) mass is 515 g/mol. The van der Waals surface area contributed by atoms with Gasteiger partial charge in [-0.05, 0) is 136 Å². The highest BCUT2D eigenvalue weighted by Crippen LogP contribution is 2.68. The summed E-state index contributed by atoms with van der Waals surface area (Å²) >= 11 is 1.38. The topological polar surface area (TPSA) is 67.2 Å². The van der Waals surface area contributed by atoms with Crippen LogP contribution in [0.5, 0.6) is 0 Å². The van der Waals surface area contributed by atoms with Crippen LogP contribution in [-0.4, -0.2) is 24.3 Å². The molecule has 0 heterocycles. The van der Waals surface area contributed by atoms with Gasteiger partial charge in [0.25, 0.3) is 0 Å². The molecule has 8 unspecified atom stereocenters. The molecule has 2 amide bonds. The number of alkyl halides is 1. The molecule has 36 heavy (non-hydrogen) atoms. The molecule has 5 rings (SSSR count). The van der Waals surface area contributed by atoms with Crippen molar-refractivity contribution in [2.24, 2.45) is 40.2 Å². The van der Waals surface area contributed by atoms with Gasteiger partial charge in [-0.2, -0.15) is 0 Å². The Morgan fingerprint density at radius 2 is 1.89 bits per heavy atom. The number of benzene rings is 1. The van der Waals surface area contributed by atoms with Crippen molar-refractivity contribution in [3.63, 3.8) is 0 Å². The number of halogens is 1. The molecule has 0 radical (unpaired) electrons. The molecule has 0 saturated heterocycles. The first-order valence-electron chi connectivity index (χ1n) is 14.4. The van der Waals surface area contributed by atoms with Crippen LogP contribution in [0.2, 0.25) is 0 Å². The van der Waals surface area contributed by atoms with Crippen molar-refractivity contribution in [3.05, 3.63) is 29.8 Å². The normalized spacial score (nSPS) is 41.6. The largest absolute Gasteiger partial charge is 0.337 e. The van der Waals surface area contributed by atoms with Crippen LogP contribution in [0, 0.1) is 41.4 Å². The quantitative estimate of drug-likeness (QED) is 0.278. The summed E-state index contributed by atoms with van der Waals surface area (Å²) in [7, 11) is 0. The smallest absolute Gasteiger partial charge is 0.325 e. The Balaban J connectivity index is 1.13. The Bertz CT molecular complexity index is 960. The summed E-state index contributed by atoms with van der Waals surface area (Å²) in [5.74, 6) is 2.78. The summed E-state index contributed by atoms with van der Waals surface area (Å²) in [5.41, 5.74) is 7.80. The lowest BCUT2D eigenvalue weighted by molar-refractivity contribution is -0.143. The van der Waals surface area contributed by atoms with E-state index in [1.54, 1.807) is 0 Å². The zero-order valence-corrected chi connectivity index (χ0v) is 23.3. The number of nitrogens with two attached hydrogens (primary N) is 1. The number of rotatable bonds is 6. The van der Waals surface area contributed by atoms with Gasteiger partial charge in [-0.3, -0.25) is 4.72 Å². The number of aryl methyl sites for hydroxylation is 1. The summed E-state index contributed by atoms with van der Waals surface area (Å²) in [6.45, 7) is 7.67. The van der Waals surface area contributed by atoms with Gasteiger partial charge in [-0.15, -0.1) is 0 Å². The SMILES string of the molecule is Cc1ccccc1SNC(=O)NCCCC1CCC2C3CCC4(N)C(F)CCCC4(C)C3CCC12C. The van der Waals surface area contributed by atoms with Gasteiger partial charge in [0.2, 0.25) is 0 Å². The Morgan fingerprint density at radius 1 is 1.08 bits per heavy atom. The summed E-state index contributed by atoms with van der Waals surface area (Å²) in [4.78, 5) is 13.4. The molecular formula is C30H46FN3OS. The number of carbonyl (C=O) groups is 1. The van der Waals surface area contributed by atoms with E-state index in [1.165, 1.54) is 49.6 Å². The molecule has 0 aliphatic heterocycles. The lowest BCUT2D eigenvalue weighted by atomic mass is 9.42. The molecule has 200 valence electrons. The van der Waals surface area contributed by atoms with E-state index in [1.807, 2.05) is 18.2 Å². The first-order valence-corrected chi connectivity index (χ1v) is 15.2. The van der Waals surface area contributed by atoms with Crippen molar-refractivity contribution < 1.29 is 9.18 Å². The zero-order valence-electron chi connectivity index (χ0n) is 22.5. The summed E-state index contributed by atoms with van der Waals surface area (Å²) in [5, 5.41) is 3.05. The second-order valence-corrected chi connectivity index (χ2v) is 13.8. The molecule has 4 aliphatic rings. The summed E-state index contributed by atoms with van der Waals surface area (Å²) in [6, 6.07) is 7.97. The van der Waals surface area contributed by atoms with Gasteiger partial charge in [0.15, 0.2) is 0 Å². The lowest BCUT2D eigenvalue weighted by Gasteiger charge is -2.65. The molecule has 1 aromatic carbocycles. The summed E-state index contributed by atoms with van der Waals surface area (Å²) < 4.78 is 18.0. The second kappa shape index (κ2) is 10.1. The van der Waals surface area contributed by atoms with Crippen molar-refractivity contribution in [1.29, 1.82) is 0 Å². The maximum Gasteiger partial charge on any atom is 0.325 e. The summed E-state index contributed by atoms with van der Waals surface area (Å²) in [6.07, 6.45) is 11.2. The zero-order chi connectivity index (χ0) is 25.6. The Morgan fingerprint density at radius 3 is 2.69 bits per heavy atom. The van der Waals surface area contributed by atoms with Crippen molar-refractivity contribution in [3.8, 4) is 0 Å². The van der Waals surface area contributed by atoms with Crippen LogP contribution in [0.3, 0.4) is 0 Å².